The van der Waals surface area contributed by atoms with E-state index in [0.29, 0.717) is 23.7 Å². The molecule has 1 fully saturated rings. The molecule has 0 atom stereocenters. The second-order valence-electron chi connectivity index (χ2n) is 7.46. The standard InChI is InChI=1S/C24H25FN4O2/c1-2-31-22-6-4-3-5-21(22)26-24(30)18-13-15-29(16-14-18)23-12-11-20(27-28-23)17-7-9-19(25)10-8-17/h3-12,18H,2,13-16H2,1H3,(H,26,30). The lowest BCUT2D eigenvalue weighted by molar-refractivity contribution is -0.120. The zero-order chi connectivity index (χ0) is 21.6. The fourth-order valence-electron chi connectivity index (χ4n) is 3.73. The topological polar surface area (TPSA) is 67.3 Å². The van der Waals surface area contributed by atoms with Crippen LogP contribution in [0.5, 0.6) is 5.75 Å². The van der Waals surface area contributed by atoms with Gasteiger partial charge >= 0.3 is 0 Å². The number of halogens is 1. The Balaban J connectivity index is 1.34. The first-order chi connectivity index (χ1) is 15.1. The molecular weight excluding hydrogens is 395 g/mol. The number of hydrogen-bond acceptors (Lipinski definition) is 5. The van der Waals surface area contributed by atoms with Gasteiger partial charge in [-0.3, -0.25) is 4.79 Å². The molecule has 0 aliphatic carbocycles. The van der Waals surface area contributed by atoms with Crippen molar-refractivity contribution < 1.29 is 13.9 Å². The van der Waals surface area contributed by atoms with Crippen LogP contribution in [0.2, 0.25) is 0 Å². The van der Waals surface area contributed by atoms with E-state index in [-0.39, 0.29) is 17.6 Å². The SMILES string of the molecule is CCOc1ccccc1NC(=O)C1CCN(c2ccc(-c3ccc(F)cc3)nn2)CC1. The number of ether oxygens (including phenoxy) is 1. The van der Waals surface area contributed by atoms with Crippen molar-refractivity contribution in [3.05, 3.63) is 66.5 Å². The largest absolute Gasteiger partial charge is 0.492 e. The summed E-state index contributed by atoms with van der Waals surface area (Å²) in [6.07, 6.45) is 1.48. The highest BCUT2D eigenvalue weighted by molar-refractivity contribution is 5.94. The molecule has 0 radical (unpaired) electrons. The van der Waals surface area contributed by atoms with Crippen molar-refractivity contribution in [2.75, 3.05) is 29.9 Å². The third-order valence-corrected chi connectivity index (χ3v) is 5.42. The number of amides is 1. The molecule has 1 saturated heterocycles. The maximum atomic E-state index is 13.1. The van der Waals surface area contributed by atoms with Crippen molar-refractivity contribution >= 4 is 17.4 Å². The summed E-state index contributed by atoms with van der Waals surface area (Å²) in [5, 5.41) is 11.6. The van der Waals surface area contributed by atoms with Crippen molar-refractivity contribution in [1.29, 1.82) is 0 Å². The predicted octanol–water partition coefficient (Wildman–Crippen LogP) is 4.54. The van der Waals surface area contributed by atoms with E-state index in [2.05, 4.69) is 20.4 Å². The van der Waals surface area contributed by atoms with E-state index in [4.69, 9.17) is 4.74 Å². The number of benzene rings is 2. The highest BCUT2D eigenvalue weighted by Crippen LogP contribution is 2.27. The first-order valence-electron chi connectivity index (χ1n) is 10.5. The average molecular weight is 420 g/mol. The first-order valence-corrected chi connectivity index (χ1v) is 10.5. The highest BCUT2D eigenvalue weighted by Gasteiger charge is 2.26. The normalized spacial score (nSPS) is 14.3. The smallest absolute Gasteiger partial charge is 0.227 e. The lowest BCUT2D eigenvalue weighted by Crippen LogP contribution is -2.38. The molecule has 6 nitrogen and oxygen atoms in total. The number of piperidine rings is 1. The predicted molar refractivity (Wildman–Crippen MR) is 119 cm³/mol. The maximum absolute atomic E-state index is 13.1. The summed E-state index contributed by atoms with van der Waals surface area (Å²) in [5.74, 6) is 1.15. The van der Waals surface area contributed by atoms with Crippen LogP contribution in [0.3, 0.4) is 0 Å². The van der Waals surface area contributed by atoms with Gasteiger partial charge in [0.05, 0.1) is 18.0 Å². The van der Waals surface area contributed by atoms with E-state index in [0.717, 1.165) is 37.3 Å². The lowest BCUT2D eigenvalue weighted by Gasteiger charge is -2.32. The lowest BCUT2D eigenvalue weighted by atomic mass is 9.95. The van der Waals surface area contributed by atoms with Crippen LogP contribution in [0.15, 0.2) is 60.7 Å². The molecule has 0 spiro atoms. The van der Waals surface area contributed by atoms with Crippen LogP contribution in [0.1, 0.15) is 19.8 Å². The molecule has 2 heterocycles. The maximum Gasteiger partial charge on any atom is 0.227 e. The molecule has 0 unspecified atom stereocenters. The van der Waals surface area contributed by atoms with Gasteiger partial charge < -0.3 is 15.0 Å². The van der Waals surface area contributed by atoms with Gasteiger partial charge in [-0.2, -0.15) is 0 Å². The molecule has 31 heavy (non-hydrogen) atoms. The van der Waals surface area contributed by atoms with E-state index in [1.165, 1.54) is 12.1 Å². The van der Waals surface area contributed by atoms with Crippen molar-refractivity contribution in [3.8, 4) is 17.0 Å². The van der Waals surface area contributed by atoms with E-state index in [1.807, 2.05) is 43.3 Å². The Kier molecular flexibility index (Phi) is 6.40. The minimum atomic E-state index is -0.276. The summed E-state index contributed by atoms with van der Waals surface area (Å²) in [7, 11) is 0. The molecule has 1 aliphatic rings. The number of para-hydroxylation sites is 2. The minimum Gasteiger partial charge on any atom is -0.492 e. The summed E-state index contributed by atoms with van der Waals surface area (Å²) >= 11 is 0. The van der Waals surface area contributed by atoms with Crippen LogP contribution >= 0.6 is 0 Å². The molecule has 1 N–H and O–H groups in total. The Morgan fingerprint density at radius 2 is 1.81 bits per heavy atom. The van der Waals surface area contributed by atoms with Gasteiger partial charge in [0.1, 0.15) is 11.6 Å². The number of hydrogen-bond donors (Lipinski definition) is 1. The number of nitrogens with zero attached hydrogens (tertiary/aromatic N) is 3. The third-order valence-electron chi connectivity index (χ3n) is 5.42. The minimum absolute atomic E-state index is 0.0181. The molecule has 1 amide bonds. The Labute approximate surface area is 181 Å². The quantitative estimate of drug-likeness (QED) is 0.634. The first kappa shape index (κ1) is 20.8. The second-order valence-corrected chi connectivity index (χ2v) is 7.46. The third kappa shape index (κ3) is 4.99. The van der Waals surface area contributed by atoms with Crippen LogP contribution in [-0.2, 0) is 4.79 Å². The zero-order valence-electron chi connectivity index (χ0n) is 17.4. The van der Waals surface area contributed by atoms with Crippen molar-refractivity contribution in [2.45, 2.75) is 19.8 Å². The molecule has 7 heteroatoms. The molecule has 1 aromatic heterocycles. The fraction of sp³-hybridized carbons (Fsp3) is 0.292. The van der Waals surface area contributed by atoms with Gasteiger partial charge in [-0.15, -0.1) is 10.2 Å². The number of nitrogens with one attached hydrogen (secondary N) is 1. The number of rotatable bonds is 6. The summed E-state index contributed by atoms with van der Waals surface area (Å²) < 4.78 is 18.7. The fourth-order valence-corrected chi connectivity index (χ4v) is 3.73. The zero-order valence-corrected chi connectivity index (χ0v) is 17.4. The molecule has 1 aliphatic heterocycles. The van der Waals surface area contributed by atoms with Gasteiger partial charge in [0.2, 0.25) is 5.91 Å². The monoisotopic (exact) mass is 420 g/mol. The Hall–Kier alpha value is -3.48. The molecule has 2 aromatic carbocycles. The Morgan fingerprint density at radius 1 is 1.06 bits per heavy atom. The van der Waals surface area contributed by atoms with Crippen molar-refractivity contribution in [3.63, 3.8) is 0 Å². The summed E-state index contributed by atoms with van der Waals surface area (Å²) in [6, 6.07) is 17.5. The van der Waals surface area contributed by atoms with Crippen LogP contribution < -0.4 is 15.0 Å². The highest BCUT2D eigenvalue weighted by atomic mass is 19.1. The van der Waals surface area contributed by atoms with Gasteiger partial charge in [0.25, 0.3) is 0 Å². The van der Waals surface area contributed by atoms with Crippen LogP contribution in [-0.4, -0.2) is 35.8 Å². The van der Waals surface area contributed by atoms with Crippen LogP contribution in [0.25, 0.3) is 11.3 Å². The summed E-state index contributed by atoms with van der Waals surface area (Å²) in [6.45, 7) is 3.93. The van der Waals surface area contributed by atoms with E-state index < -0.39 is 0 Å². The molecule has 4 rings (SSSR count). The average Bonchev–Trinajstić information content (AvgIpc) is 2.81. The van der Waals surface area contributed by atoms with E-state index >= 15 is 0 Å². The Morgan fingerprint density at radius 3 is 2.48 bits per heavy atom. The molecule has 0 saturated carbocycles. The molecule has 0 bridgehead atoms. The van der Waals surface area contributed by atoms with Gasteiger partial charge in [0, 0.05) is 24.6 Å². The van der Waals surface area contributed by atoms with Crippen LogP contribution in [0, 0.1) is 11.7 Å². The van der Waals surface area contributed by atoms with Gasteiger partial charge in [-0.05, 0) is 68.3 Å². The van der Waals surface area contributed by atoms with Gasteiger partial charge in [-0.1, -0.05) is 12.1 Å². The molecular formula is C24H25FN4O2. The number of aromatic nitrogens is 2. The summed E-state index contributed by atoms with van der Waals surface area (Å²) in [5.41, 5.74) is 2.23. The summed E-state index contributed by atoms with van der Waals surface area (Å²) in [4.78, 5) is 14.9. The van der Waals surface area contributed by atoms with E-state index in [9.17, 15) is 9.18 Å². The number of carbonyl (C=O) groups is 1. The van der Waals surface area contributed by atoms with Gasteiger partial charge in [-0.25, -0.2) is 4.39 Å². The molecule has 3 aromatic rings. The van der Waals surface area contributed by atoms with Crippen LogP contribution in [0.4, 0.5) is 15.9 Å². The van der Waals surface area contributed by atoms with E-state index in [1.54, 1.807) is 12.1 Å². The Bertz CT molecular complexity index is 1020. The number of carbonyl (C=O) groups excluding carboxylic acids is 1. The van der Waals surface area contributed by atoms with Crippen molar-refractivity contribution in [1.82, 2.24) is 10.2 Å². The second kappa shape index (κ2) is 9.55. The molecule has 160 valence electrons. The van der Waals surface area contributed by atoms with Crippen molar-refractivity contribution in [2.24, 2.45) is 5.92 Å². The van der Waals surface area contributed by atoms with Gasteiger partial charge in [0.15, 0.2) is 5.82 Å². The number of anilines is 2.